The number of amides is 1. The van der Waals surface area contributed by atoms with Gasteiger partial charge in [-0.15, -0.1) is 11.3 Å². The predicted octanol–water partition coefficient (Wildman–Crippen LogP) is 7.54. The molecule has 1 heterocycles. The summed E-state index contributed by atoms with van der Waals surface area (Å²) in [7, 11) is -1.82. The summed E-state index contributed by atoms with van der Waals surface area (Å²) in [6.07, 6.45) is 5.96. The van der Waals surface area contributed by atoms with Crippen LogP contribution in [0.25, 0.3) is 21.2 Å². The van der Waals surface area contributed by atoms with Crippen LogP contribution < -0.4 is 4.74 Å². The molecule has 0 saturated heterocycles. The lowest BCUT2D eigenvalue weighted by Gasteiger charge is -2.35. The molecule has 0 unspecified atom stereocenters. The quantitative estimate of drug-likeness (QED) is 0.226. The van der Waals surface area contributed by atoms with Crippen LogP contribution in [0.3, 0.4) is 0 Å². The minimum Gasteiger partial charge on any atom is -0.496 e. The number of benzene rings is 3. The van der Waals surface area contributed by atoms with E-state index in [0.29, 0.717) is 16.2 Å². The van der Waals surface area contributed by atoms with Gasteiger partial charge in [0.25, 0.3) is 5.91 Å². The van der Waals surface area contributed by atoms with Crippen molar-refractivity contribution in [1.29, 1.82) is 0 Å². The van der Waals surface area contributed by atoms with Gasteiger partial charge in [-0.3, -0.25) is 4.79 Å². The van der Waals surface area contributed by atoms with Crippen molar-refractivity contribution >= 4 is 37.2 Å². The Labute approximate surface area is 237 Å². The molecule has 1 aromatic heterocycles. The lowest BCUT2D eigenvalue weighted by atomic mass is 9.93. The molecular weight excluding hydrogens is 552 g/mol. The number of fused-ring (bicyclic) bond motifs is 1. The molecule has 1 fully saturated rings. The molecular formula is C31H31F2NO4S2. The molecule has 0 aliphatic heterocycles. The highest BCUT2D eigenvalue weighted by molar-refractivity contribution is 7.90. The van der Waals surface area contributed by atoms with Gasteiger partial charge in [0.1, 0.15) is 17.4 Å². The second kappa shape index (κ2) is 11.3. The topological polar surface area (TPSA) is 63.7 Å². The highest BCUT2D eigenvalue weighted by atomic mass is 32.2. The van der Waals surface area contributed by atoms with Crippen LogP contribution in [0.4, 0.5) is 8.78 Å². The molecule has 0 atom stereocenters. The number of thiophene rings is 1. The van der Waals surface area contributed by atoms with E-state index in [0.717, 1.165) is 72.3 Å². The summed E-state index contributed by atoms with van der Waals surface area (Å²) in [5.74, 6) is -0.740. The number of hydrogen-bond acceptors (Lipinski definition) is 5. The van der Waals surface area contributed by atoms with E-state index in [1.54, 1.807) is 32.2 Å². The van der Waals surface area contributed by atoms with Crippen LogP contribution in [0.2, 0.25) is 0 Å². The fourth-order valence-corrected chi connectivity index (χ4v) is 7.39. The number of methoxy groups -OCH3 is 1. The standard InChI is InChI=1S/C31H31F2NO4S2/c1-19-28-25(32)13-14-26(33)30(28)39-29(19)31(35)34(23-9-5-4-6-10-23)18-22-16-21(12-15-27(22)38-2)20-8-7-11-24(17-20)40(3,36)37/h7-8,11-17,23H,4-6,9-10,18H2,1-3H3. The number of ether oxygens (including phenoxy) is 1. The normalized spacial score (nSPS) is 14.4. The molecule has 40 heavy (non-hydrogen) atoms. The first-order valence-electron chi connectivity index (χ1n) is 13.2. The van der Waals surface area contributed by atoms with E-state index in [2.05, 4.69) is 0 Å². The third-order valence-corrected chi connectivity index (χ3v) is 10.1. The van der Waals surface area contributed by atoms with Crippen molar-refractivity contribution in [1.82, 2.24) is 4.90 Å². The zero-order valence-corrected chi connectivity index (χ0v) is 24.3. The number of rotatable bonds is 7. The lowest BCUT2D eigenvalue weighted by molar-refractivity contribution is 0.0617. The van der Waals surface area contributed by atoms with Crippen molar-refractivity contribution in [3.8, 4) is 16.9 Å². The van der Waals surface area contributed by atoms with E-state index >= 15 is 0 Å². The molecule has 5 rings (SSSR count). The highest BCUT2D eigenvalue weighted by Crippen LogP contribution is 2.38. The van der Waals surface area contributed by atoms with Gasteiger partial charge in [0.2, 0.25) is 0 Å². The lowest BCUT2D eigenvalue weighted by Crippen LogP contribution is -2.41. The summed E-state index contributed by atoms with van der Waals surface area (Å²) in [5.41, 5.74) is 2.73. The molecule has 0 N–H and O–H groups in total. The molecule has 1 aliphatic carbocycles. The number of halogens is 2. The van der Waals surface area contributed by atoms with Crippen molar-refractivity contribution in [2.24, 2.45) is 0 Å². The number of carbonyl (C=O) groups excluding carboxylic acids is 1. The van der Waals surface area contributed by atoms with E-state index in [-0.39, 0.29) is 33.5 Å². The predicted molar refractivity (Wildman–Crippen MR) is 155 cm³/mol. The second-order valence-corrected chi connectivity index (χ2v) is 13.4. The van der Waals surface area contributed by atoms with Gasteiger partial charge in [0.15, 0.2) is 9.84 Å². The van der Waals surface area contributed by atoms with Gasteiger partial charge in [0, 0.05) is 29.8 Å². The number of carbonyl (C=O) groups is 1. The van der Waals surface area contributed by atoms with Crippen molar-refractivity contribution in [3.05, 3.63) is 82.2 Å². The summed E-state index contributed by atoms with van der Waals surface area (Å²) in [4.78, 5) is 16.5. The van der Waals surface area contributed by atoms with Gasteiger partial charge in [-0.2, -0.15) is 0 Å². The molecule has 1 amide bonds. The third kappa shape index (κ3) is 5.49. The highest BCUT2D eigenvalue weighted by Gasteiger charge is 2.31. The van der Waals surface area contributed by atoms with E-state index in [4.69, 9.17) is 4.74 Å². The Morgan fingerprint density at radius 2 is 1.70 bits per heavy atom. The van der Waals surface area contributed by atoms with Crippen LogP contribution in [0.15, 0.2) is 59.5 Å². The Morgan fingerprint density at radius 1 is 1.00 bits per heavy atom. The van der Waals surface area contributed by atoms with E-state index in [1.807, 2.05) is 29.2 Å². The van der Waals surface area contributed by atoms with E-state index < -0.39 is 21.5 Å². The fraction of sp³-hybridized carbons (Fsp3) is 0.323. The summed E-state index contributed by atoms with van der Waals surface area (Å²) >= 11 is 0.995. The number of nitrogens with zero attached hydrogens (tertiary/aromatic N) is 1. The van der Waals surface area contributed by atoms with Crippen LogP contribution in [-0.4, -0.2) is 38.6 Å². The van der Waals surface area contributed by atoms with Crippen molar-refractivity contribution in [2.75, 3.05) is 13.4 Å². The monoisotopic (exact) mass is 583 g/mol. The minimum absolute atomic E-state index is 0.0255. The van der Waals surface area contributed by atoms with Crippen LogP contribution in [-0.2, 0) is 16.4 Å². The Hall–Kier alpha value is -3.30. The Kier molecular flexibility index (Phi) is 7.97. The molecule has 1 saturated carbocycles. The van der Waals surface area contributed by atoms with E-state index in [1.165, 1.54) is 6.26 Å². The molecule has 9 heteroatoms. The van der Waals surface area contributed by atoms with Gasteiger partial charge in [-0.05, 0) is 72.9 Å². The minimum atomic E-state index is -3.38. The zero-order chi connectivity index (χ0) is 28.6. The molecule has 0 radical (unpaired) electrons. The maximum atomic E-state index is 14.7. The van der Waals surface area contributed by atoms with Crippen LogP contribution in [0.5, 0.6) is 5.75 Å². The average molecular weight is 584 g/mol. The molecule has 3 aromatic carbocycles. The molecule has 1 aliphatic rings. The molecule has 0 bridgehead atoms. The van der Waals surface area contributed by atoms with Crippen LogP contribution in [0.1, 0.15) is 52.9 Å². The SMILES string of the molecule is COc1ccc(-c2cccc(S(C)(=O)=O)c2)cc1CN(C(=O)c1sc2c(F)ccc(F)c2c1C)C1CCCCC1. The van der Waals surface area contributed by atoms with Crippen molar-refractivity contribution < 1.29 is 26.7 Å². The number of sulfone groups is 1. The summed E-state index contributed by atoms with van der Waals surface area (Å²) in [5, 5.41) is 0.155. The van der Waals surface area contributed by atoms with Gasteiger partial charge < -0.3 is 9.64 Å². The fourth-order valence-electron chi connectivity index (χ4n) is 5.54. The van der Waals surface area contributed by atoms with Crippen molar-refractivity contribution in [2.45, 2.75) is 56.5 Å². The zero-order valence-electron chi connectivity index (χ0n) is 22.7. The first-order valence-corrected chi connectivity index (χ1v) is 15.9. The van der Waals surface area contributed by atoms with Gasteiger partial charge in [-0.25, -0.2) is 17.2 Å². The third-order valence-electron chi connectivity index (χ3n) is 7.67. The Morgan fingerprint density at radius 3 is 2.38 bits per heavy atom. The van der Waals surface area contributed by atoms with Crippen LogP contribution >= 0.6 is 11.3 Å². The first kappa shape index (κ1) is 28.2. The maximum absolute atomic E-state index is 14.7. The molecule has 4 aromatic rings. The van der Waals surface area contributed by atoms with E-state index in [9.17, 15) is 22.0 Å². The summed E-state index contributed by atoms with van der Waals surface area (Å²) in [6.45, 7) is 1.91. The van der Waals surface area contributed by atoms with Crippen LogP contribution in [0, 0.1) is 18.6 Å². The largest absolute Gasteiger partial charge is 0.496 e. The molecule has 0 spiro atoms. The smallest absolute Gasteiger partial charge is 0.264 e. The second-order valence-electron chi connectivity index (χ2n) is 10.3. The number of hydrogen-bond donors (Lipinski definition) is 0. The maximum Gasteiger partial charge on any atom is 0.264 e. The molecule has 210 valence electrons. The first-order chi connectivity index (χ1) is 19.1. The Balaban J connectivity index is 1.57. The summed E-state index contributed by atoms with van der Waals surface area (Å²) in [6, 6.07) is 14.5. The van der Waals surface area contributed by atoms with Gasteiger partial charge in [0.05, 0.1) is 21.6 Å². The van der Waals surface area contributed by atoms with Gasteiger partial charge >= 0.3 is 0 Å². The van der Waals surface area contributed by atoms with Gasteiger partial charge in [-0.1, -0.05) is 37.5 Å². The number of aryl methyl sites for hydroxylation is 1. The summed E-state index contributed by atoms with van der Waals surface area (Å²) < 4.78 is 59.4. The van der Waals surface area contributed by atoms with Crippen molar-refractivity contribution in [3.63, 3.8) is 0 Å². The molecule has 5 nitrogen and oxygen atoms in total. The average Bonchev–Trinajstić information content (AvgIpc) is 3.31. The Bertz CT molecular complexity index is 1690.